The van der Waals surface area contributed by atoms with Gasteiger partial charge in [0, 0.05) is 0 Å². The van der Waals surface area contributed by atoms with E-state index in [0.29, 0.717) is 4.47 Å². The molecule has 0 aliphatic rings. The van der Waals surface area contributed by atoms with Crippen LogP contribution in [-0.2, 0) is 6.42 Å². The van der Waals surface area contributed by atoms with E-state index in [-0.39, 0.29) is 5.56 Å². The van der Waals surface area contributed by atoms with E-state index in [1.165, 1.54) is 0 Å². The van der Waals surface area contributed by atoms with Crippen molar-refractivity contribution < 1.29 is 0 Å². The van der Waals surface area contributed by atoms with Crippen molar-refractivity contribution in [2.45, 2.75) is 20.3 Å². The summed E-state index contributed by atoms with van der Waals surface area (Å²) in [5.74, 6) is 0. The van der Waals surface area contributed by atoms with E-state index >= 15 is 0 Å². The molecule has 2 aromatic rings. The summed E-state index contributed by atoms with van der Waals surface area (Å²) < 4.78 is 2.19. The smallest absolute Gasteiger partial charge is 0.285 e. The van der Waals surface area contributed by atoms with E-state index in [2.05, 4.69) is 21.0 Å². The molecule has 0 radical (unpaired) electrons. The normalized spacial score (nSPS) is 10.7. The maximum absolute atomic E-state index is 11.9. The third-order valence-corrected chi connectivity index (χ3v) is 3.33. The maximum atomic E-state index is 11.9. The van der Waals surface area contributed by atoms with Gasteiger partial charge < -0.3 is 0 Å². The number of hydrogen-bond donors (Lipinski definition) is 1. The Hall–Kier alpha value is -1.29. The largest absolute Gasteiger partial charge is 0.294 e. The number of aromatic amines is 1. The van der Waals surface area contributed by atoms with Crippen LogP contribution in [0.2, 0.25) is 0 Å². The molecule has 0 aliphatic carbocycles. The van der Waals surface area contributed by atoms with Gasteiger partial charge in [-0.25, -0.2) is 4.68 Å². The fraction of sp³-hybridized carbons (Fsp3) is 0.250. The van der Waals surface area contributed by atoms with Crippen LogP contribution in [-0.4, -0.2) is 9.78 Å². The van der Waals surface area contributed by atoms with Gasteiger partial charge in [-0.1, -0.05) is 19.1 Å². The van der Waals surface area contributed by atoms with Gasteiger partial charge in [-0.2, -0.15) is 0 Å². The van der Waals surface area contributed by atoms with Gasteiger partial charge in [0.05, 0.1) is 11.4 Å². The molecule has 3 nitrogen and oxygen atoms in total. The lowest BCUT2D eigenvalue weighted by molar-refractivity contribution is 0.818. The van der Waals surface area contributed by atoms with E-state index < -0.39 is 0 Å². The van der Waals surface area contributed by atoms with E-state index in [0.717, 1.165) is 23.4 Å². The zero-order chi connectivity index (χ0) is 11.7. The number of hydrogen-bond acceptors (Lipinski definition) is 1. The highest BCUT2D eigenvalue weighted by Gasteiger charge is 2.10. The summed E-state index contributed by atoms with van der Waals surface area (Å²) in [4.78, 5) is 11.9. The minimum absolute atomic E-state index is 0.0394. The molecule has 0 bridgehead atoms. The fourth-order valence-electron chi connectivity index (χ4n) is 1.65. The topological polar surface area (TPSA) is 37.8 Å². The van der Waals surface area contributed by atoms with Crippen LogP contribution in [0.3, 0.4) is 0 Å². The molecule has 0 saturated carbocycles. The van der Waals surface area contributed by atoms with Crippen LogP contribution in [0.5, 0.6) is 0 Å². The number of nitrogens with zero attached hydrogens (tertiary/aromatic N) is 1. The SMILES string of the molecule is CCc1[nH]n(-c2cccc(C)c2)c(=O)c1Br. The van der Waals surface area contributed by atoms with Crippen LogP contribution in [0.1, 0.15) is 18.2 Å². The number of aromatic nitrogens is 2. The summed E-state index contributed by atoms with van der Waals surface area (Å²) in [6.07, 6.45) is 0.800. The van der Waals surface area contributed by atoms with Crippen LogP contribution < -0.4 is 5.56 Å². The average Bonchev–Trinajstić information content (AvgIpc) is 2.56. The van der Waals surface area contributed by atoms with Gasteiger partial charge in [0.25, 0.3) is 5.56 Å². The van der Waals surface area contributed by atoms with E-state index in [1.807, 2.05) is 38.1 Å². The summed E-state index contributed by atoms with van der Waals surface area (Å²) in [6.45, 7) is 4.02. The van der Waals surface area contributed by atoms with Crippen molar-refractivity contribution in [2.24, 2.45) is 0 Å². The summed E-state index contributed by atoms with van der Waals surface area (Å²) in [5, 5.41) is 3.10. The van der Waals surface area contributed by atoms with Crippen LogP contribution >= 0.6 is 15.9 Å². The lowest BCUT2D eigenvalue weighted by atomic mass is 10.2. The maximum Gasteiger partial charge on any atom is 0.285 e. The monoisotopic (exact) mass is 280 g/mol. The Morgan fingerprint density at radius 2 is 2.19 bits per heavy atom. The molecule has 0 spiro atoms. The van der Waals surface area contributed by atoms with Gasteiger partial charge >= 0.3 is 0 Å². The first-order chi connectivity index (χ1) is 7.63. The Labute approximate surface area is 102 Å². The van der Waals surface area contributed by atoms with Crippen molar-refractivity contribution in [3.05, 3.63) is 50.3 Å². The van der Waals surface area contributed by atoms with Crippen molar-refractivity contribution in [1.82, 2.24) is 9.78 Å². The molecule has 0 saturated heterocycles. The van der Waals surface area contributed by atoms with Crippen molar-refractivity contribution in [3.8, 4) is 5.69 Å². The molecule has 0 fully saturated rings. The zero-order valence-corrected chi connectivity index (χ0v) is 10.8. The van der Waals surface area contributed by atoms with Crippen molar-refractivity contribution in [1.29, 1.82) is 0 Å². The minimum Gasteiger partial charge on any atom is -0.294 e. The lowest BCUT2D eigenvalue weighted by Crippen LogP contribution is -2.14. The second-order valence-corrected chi connectivity index (χ2v) is 4.53. The first-order valence-electron chi connectivity index (χ1n) is 5.20. The number of nitrogens with one attached hydrogen (secondary N) is 1. The van der Waals surface area contributed by atoms with Crippen molar-refractivity contribution in [3.63, 3.8) is 0 Å². The molecule has 16 heavy (non-hydrogen) atoms. The third-order valence-electron chi connectivity index (χ3n) is 2.52. The first kappa shape index (κ1) is 11.2. The quantitative estimate of drug-likeness (QED) is 0.903. The highest BCUT2D eigenvalue weighted by molar-refractivity contribution is 9.10. The second kappa shape index (κ2) is 4.29. The lowest BCUT2D eigenvalue weighted by Gasteiger charge is -2.02. The zero-order valence-electron chi connectivity index (χ0n) is 9.25. The summed E-state index contributed by atoms with van der Waals surface area (Å²) in [5.41, 5.74) is 2.88. The Morgan fingerprint density at radius 3 is 2.75 bits per heavy atom. The molecule has 2 rings (SSSR count). The standard InChI is InChI=1S/C12H13BrN2O/c1-3-10-11(13)12(16)15(14-10)9-6-4-5-8(2)7-9/h4-7,14H,3H2,1-2H3. The Kier molecular flexibility index (Phi) is 3.01. The Balaban J connectivity index is 2.61. The highest BCUT2D eigenvalue weighted by atomic mass is 79.9. The molecule has 1 aromatic heterocycles. The van der Waals surface area contributed by atoms with Crippen molar-refractivity contribution in [2.75, 3.05) is 0 Å². The molecule has 0 aliphatic heterocycles. The second-order valence-electron chi connectivity index (χ2n) is 3.74. The summed E-state index contributed by atoms with van der Waals surface area (Å²) in [7, 11) is 0. The molecule has 1 aromatic carbocycles. The predicted molar refractivity (Wildman–Crippen MR) is 68.2 cm³/mol. The number of rotatable bonds is 2. The van der Waals surface area contributed by atoms with Crippen LogP contribution in [0.15, 0.2) is 33.5 Å². The summed E-state index contributed by atoms with van der Waals surface area (Å²) >= 11 is 3.31. The van der Waals surface area contributed by atoms with Gasteiger partial charge in [0.1, 0.15) is 4.47 Å². The Morgan fingerprint density at radius 1 is 1.44 bits per heavy atom. The van der Waals surface area contributed by atoms with Gasteiger partial charge in [0.2, 0.25) is 0 Å². The third kappa shape index (κ3) is 1.85. The molecule has 84 valence electrons. The average molecular weight is 281 g/mol. The van der Waals surface area contributed by atoms with Crippen LogP contribution in [0.4, 0.5) is 0 Å². The minimum atomic E-state index is -0.0394. The van der Waals surface area contributed by atoms with Crippen LogP contribution in [0.25, 0.3) is 5.69 Å². The van der Waals surface area contributed by atoms with E-state index in [9.17, 15) is 4.79 Å². The fourth-order valence-corrected chi connectivity index (χ4v) is 2.19. The number of benzene rings is 1. The number of aryl methyl sites for hydroxylation is 2. The number of halogens is 1. The number of H-pyrrole nitrogens is 1. The van der Waals surface area contributed by atoms with Gasteiger partial charge in [-0.15, -0.1) is 0 Å². The van der Waals surface area contributed by atoms with Gasteiger partial charge in [-0.05, 0) is 47.0 Å². The van der Waals surface area contributed by atoms with Gasteiger partial charge in [-0.3, -0.25) is 9.89 Å². The molecule has 1 N–H and O–H groups in total. The van der Waals surface area contributed by atoms with Crippen LogP contribution in [0, 0.1) is 6.92 Å². The first-order valence-corrected chi connectivity index (χ1v) is 5.99. The molecule has 1 heterocycles. The predicted octanol–water partition coefficient (Wildman–Crippen LogP) is 2.80. The van der Waals surface area contributed by atoms with E-state index in [4.69, 9.17) is 0 Å². The molecule has 0 unspecified atom stereocenters. The molecule has 0 amide bonds. The highest BCUT2D eigenvalue weighted by Crippen LogP contribution is 2.13. The molecule has 0 atom stereocenters. The van der Waals surface area contributed by atoms with Crippen molar-refractivity contribution >= 4 is 15.9 Å². The van der Waals surface area contributed by atoms with Gasteiger partial charge in [0.15, 0.2) is 0 Å². The molecule has 4 heteroatoms. The molecular weight excluding hydrogens is 268 g/mol. The molecular formula is C12H13BrN2O. The van der Waals surface area contributed by atoms with E-state index in [1.54, 1.807) is 4.68 Å². The summed E-state index contributed by atoms with van der Waals surface area (Å²) in [6, 6.07) is 7.84. The Bertz CT molecular complexity index is 569.